The average molecular weight is 224 g/mol. The SMILES string of the molecule is CCCOCCOC(=O)C12C=CC(CC1)C2. The first-order valence-electron chi connectivity index (χ1n) is 6.21. The normalized spacial score (nSPS) is 30.9. The van der Waals surface area contributed by atoms with Gasteiger partial charge >= 0.3 is 5.97 Å². The Morgan fingerprint density at radius 3 is 2.88 bits per heavy atom. The standard InChI is InChI=1S/C13H20O3/c1-2-7-15-8-9-16-12(14)13-5-3-11(10-13)4-6-13/h3,5,11H,2,4,6-10H2,1H3. The van der Waals surface area contributed by atoms with Gasteiger partial charge in [-0.15, -0.1) is 0 Å². The number of carbonyl (C=O) groups is 1. The number of hydrogen-bond donors (Lipinski definition) is 0. The van der Waals surface area contributed by atoms with Crippen molar-refractivity contribution in [2.75, 3.05) is 19.8 Å². The fourth-order valence-corrected chi connectivity index (χ4v) is 2.59. The van der Waals surface area contributed by atoms with Crippen molar-refractivity contribution in [3.8, 4) is 0 Å². The zero-order valence-electron chi connectivity index (χ0n) is 9.91. The minimum atomic E-state index is -0.282. The molecule has 0 N–H and O–H groups in total. The van der Waals surface area contributed by atoms with E-state index in [1.165, 1.54) is 0 Å². The van der Waals surface area contributed by atoms with E-state index in [-0.39, 0.29) is 11.4 Å². The lowest BCUT2D eigenvalue weighted by molar-refractivity contribution is -0.154. The van der Waals surface area contributed by atoms with Gasteiger partial charge in [0.05, 0.1) is 12.0 Å². The average Bonchev–Trinajstić information content (AvgIpc) is 2.90. The van der Waals surface area contributed by atoms with Crippen LogP contribution in [0.25, 0.3) is 0 Å². The molecule has 2 bridgehead atoms. The molecular formula is C13H20O3. The lowest BCUT2D eigenvalue weighted by atomic mass is 9.88. The van der Waals surface area contributed by atoms with Crippen LogP contribution in [0, 0.1) is 11.3 Å². The van der Waals surface area contributed by atoms with Crippen LogP contribution in [0.1, 0.15) is 32.6 Å². The van der Waals surface area contributed by atoms with Crippen LogP contribution in [0.5, 0.6) is 0 Å². The third-order valence-corrected chi connectivity index (χ3v) is 3.49. The molecule has 1 saturated carbocycles. The second-order valence-electron chi connectivity index (χ2n) is 4.77. The monoisotopic (exact) mass is 224 g/mol. The summed E-state index contributed by atoms with van der Waals surface area (Å²) in [6.45, 7) is 3.71. The summed E-state index contributed by atoms with van der Waals surface area (Å²) in [5.41, 5.74) is -0.282. The van der Waals surface area contributed by atoms with Gasteiger partial charge in [0, 0.05) is 6.61 Å². The second kappa shape index (κ2) is 5.00. The number of esters is 1. The van der Waals surface area contributed by atoms with E-state index < -0.39 is 0 Å². The van der Waals surface area contributed by atoms with Crippen molar-refractivity contribution >= 4 is 5.97 Å². The molecule has 16 heavy (non-hydrogen) atoms. The summed E-state index contributed by atoms with van der Waals surface area (Å²) in [5.74, 6) is 0.563. The molecule has 0 spiro atoms. The molecule has 3 heteroatoms. The highest BCUT2D eigenvalue weighted by molar-refractivity contribution is 5.80. The molecule has 0 aromatic rings. The second-order valence-corrected chi connectivity index (χ2v) is 4.77. The van der Waals surface area contributed by atoms with Gasteiger partial charge < -0.3 is 9.47 Å². The van der Waals surface area contributed by atoms with Crippen molar-refractivity contribution in [2.24, 2.45) is 11.3 Å². The molecule has 2 aliphatic rings. The van der Waals surface area contributed by atoms with Gasteiger partial charge in [0.15, 0.2) is 0 Å². The summed E-state index contributed by atoms with van der Waals surface area (Å²) in [5, 5.41) is 0. The van der Waals surface area contributed by atoms with Crippen molar-refractivity contribution in [1.82, 2.24) is 0 Å². The number of carbonyl (C=O) groups excluding carboxylic acids is 1. The Labute approximate surface area is 96.8 Å². The molecule has 3 nitrogen and oxygen atoms in total. The molecule has 0 radical (unpaired) electrons. The Kier molecular flexibility index (Phi) is 3.64. The summed E-state index contributed by atoms with van der Waals surface area (Å²) < 4.78 is 10.6. The number of rotatable bonds is 6. The summed E-state index contributed by atoms with van der Waals surface area (Å²) in [4.78, 5) is 11.9. The fraction of sp³-hybridized carbons (Fsp3) is 0.769. The number of ether oxygens (including phenoxy) is 2. The number of allylic oxidation sites excluding steroid dienone is 1. The van der Waals surface area contributed by atoms with Crippen LogP contribution in [0.3, 0.4) is 0 Å². The molecule has 1 fully saturated rings. The van der Waals surface area contributed by atoms with Crippen molar-refractivity contribution in [2.45, 2.75) is 32.6 Å². The van der Waals surface area contributed by atoms with Gasteiger partial charge in [-0.3, -0.25) is 4.79 Å². The molecule has 0 heterocycles. The van der Waals surface area contributed by atoms with Gasteiger partial charge in [0.25, 0.3) is 0 Å². The van der Waals surface area contributed by atoms with Crippen molar-refractivity contribution in [1.29, 1.82) is 0 Å². The minimum Gasteiger partial charge on any atom is -0.463 e. The molecule has 0 saturated heterocycles. The van der Waals surface area contributed by atoms with E-state index in [1.807, 2.05) is 0 Å². The zero-order valence-corrected chi connectivity index (χ0v) is 9.91. The van der Waals surface area contributed by atoms with Gasteiger partial charge in [-0.2, -0.15) is 0 Å². The van der Waals surface area contributed by atoms with E-state index in [1.54, 1.807) is 0 Å². The molecule has 2 atom stereocenters. The van der Waals surface area contributed by atoms with Crippen molar-refractivity contribution in [3.63, 3.8) is 0 Å². The van der Waals surface area contributed by atoms with Crippen LogP contribution in [0.15, 0.2) is 12.2 Å². The van der Waals surface area contributed by atoms with Crippen LogP contribution >= 0.6 is 0 Å². The number of fused-ring (bicyclic) bond motifs is 2. The van der Waals surface area contributed by atoms with Crippen LogP contribution in [0.4, 0.5) is 0 Å². The van der Waals surface area contributed by atoms with Gasteiger partial charge in [0.1, 0.15) is 6.61 Å². The zero-order chi connectivity index (χ0) is 11.4. The maximum Gasteiger partial charge on any atom is 0.316 e. The van der Waals surface area contributed by atoms with Crippen molar-refractivity contribution < 1.29 is 14.3 Å². The van der Waals surface area contributed by atoms with Gasteiger partial charge in [-0.05, 0) is 31.6 Å². The fourth-order valence-electron chi connectivity index (χ4n) is 2.59. The molecule has 2 unspecified atom stereocenters. The quantitative estimate of drug-likeness (QED) is 0.394. The molecule has 0 aromatic carbocycles. The van der Waals surface area contributed by atoms with Crippen LogP contribution in [-0.2, 0) is 14.3 Å². The van der Waals surface area contributed by atoms with Gasteiger partial charge in [-0.1, -0.05) is 19.1 Å². The van der Waals surface area contributed by atoms with Crippen LogP contribution < -0.4 is 0 Å². The van der Waals surface area contributed by atoms with E-state index in [2.05, 4.69) is 19.1 Å². The van der Waals surface area contributed by atoms with Crippen LogP contribution in [-0.4, -0.2) is 25.8 Å². The van der Waals surface area contributed by atoms with Gasteiger partial charge in [-0.25, -0.2) is 0 Å². The summed E-state index contributed by atoms with van der Waals surface area (Å²) in [7, 11) is 0. The first-order chi connectivity index (χ1) is 7.77. The van der Waals surface area contributed by atoms with Gasteiger partial charge in [0.2, 0.25) is 0 Å². The molecule has 2 aliphatic carbocycles. The highest BCUT2D eigenvalue weighted by Crippen LogP contribution is 2.49. The van der Waals surface area contributed by atoms with E-state index in [0.717, 1.165) is 32.3 Å². The summed E-state index contributed by atoms with van der Waals surface area (Å²) in [6.07, 6.45) is 8.28. The largest absolute Gasteiger partial charge is 0.463 e. The maximum atomic E-state index is 11.9. The lowest BCUT2D eigenvalue weighted by Gasteiger charge is -2.20. The smallest absolute Gasteiger partial charge is 0.316 e. The molecular weight excluding hydrogens is 204 g/mol. The van der Waals surface area contributed by atoms with E-state index in [9.17, 15) is 4.79 Å². The Morgan fingerprint density at radius 1 is 1.44 bits per heavy atom. The van der Waals surface area contributed by atoms with E-state index in [4.69, 9.17) is 9.47 Å². The summed E-state index contributed by atoms with van der Waals surface area (Å²) >= 11 is 0. The third kappa shape index (κ3) is 2.29. The molecule has 0 aliphatic heterocycles. The first-order valence-corrected chi connectivity index (χ1v) is 6.21. The predicted octanol–water partition coefficient (Wildman–Crippen LogP) is 2.31. The topological polar surface area (TPSA) is 35.5 Å². The molecule has 0 amide bonds. The maximum absolute atomic E-state index is 11.9. The highest BCUT2D eigenvalue weighted by Gasteiger charge is 2.47. The Morgan fingerprint density at radius 2 is 2.31 bits per heavy atom. The first kappa shape index (κ1) is 11.6. The third-order valence-electron chi connectivity index (χ3n) is 3.49. The Hall–Kier alpha value is -0.830. The molecule has 2 rings (SSSR count). The predicted molar refractivity (Wildman–Crippen MR) is 61.0 cm³/mol. The molecule has 90 valence electrons. The summed E-state index contributed by atoms with van der Waals surface area (Å²) in [6, 6.07) is 0. The minimum absolute atomic E-state index is 0.0520. The van der Waals surface area contributed by atoms with Crippen LogP contribution in [0.2, 0.25) is 0 Å². The Bertz CT molecular complexity index is 285. The van der Waals surface area contributed by atoms with E-state index >= 15 is 0 Å². The van der Waals surface area contributed by atoms with E-state index in [0.29, 0.717) is 19.1 Å². The number of hydrogen-bond acceptors (Lipinski definition) is 3. The van der Waals surface area contributed by atoms with Crippen molar-refractivity contribution in [3.05, 3.63) is 12.2 Å². The highest BCUT2D eigenvalue weighted by atomic mass is 16.6. The Balaban J connectivity index is 1.70. The molecule has 0 aromatic heterocycles. The lowest BCUT2D eigenvalue weighted by Crippen LogP contribution is -2.28.